The van der Waals surface area contributed by atoms with Crippen LogP contribution in [0.15, 0.2) is 30.3 Å². The summed E-state index contributed by atoms with van der Waals surface area (Å²) in [7, 11) is 0. The molecule has 0 bridgehead atoms. The summed E-state index contributed by atoms with van der Waals surface area (Å²) in [4.78, 5) is 22.5. The maximum absolute atomic E-state index is 11.5. The van der Waals surface area contributed by atoms with Gasteiger partial charge in [-0.1, -0.05) is 36.3 Å². The van der Waals surface area contributed by atoms with Crippen molar-refractivity contribution in [1.29, 1.82) is 0 Å². The van der Waals surface area contributed by atoms with Crippen molar-refractivity contribution < 1.29 is 14.7 Å². The molecule has 94 valence electrons. The van der Waals surface area contributed by atoms with Gasteiger partial charge >= 0.3 is 12.0 Å². The first-order valence-electron chi connectivity index (χ1n) is 5.37. The zero-order chi connectivity index (χ0) is 13.4. The van der Waals surface area contributed by atoms with Gasteiger partial charge in [-0.05, 0) is 12.5 Å². The highest BCUT2D eigenvalue weighted by atomic mass is 16.4. The second kappa shape index (κ2) is 6.97. The van der Waals surface area contributed by atoms with Crippen LogP contribution in [0.2, 0.25) is 0 Å². The molecule has 5 heteroatoms. The maximum Gasteiger partial charge on any atom is 0.330 e. The second-order valence-electron chi connectivity index (χ2n) is 3.44. The van der Waals surface area contributed by atoms with E-state index in [0.717, 1.165) is 0 Å². The number of benzene rings is 1. The smallest absolute Gasteiger partial charge is 0.330 e. The largest absolute Gasteiger partial charge is 0.479 e. The summed E-state index contributed by atoms with van der Waals surface area (Å²) in [5.74, 6) is 4.16. The molecule has 1 atom stereocenters. The Bertz CT molecular complexity index is 474. The van der Waals surface area contributed by atoms with Crippen molar-refractivity contribution in [2.75, 3.05) is 6.54 Å². The molecule has 0 unspecified atom stereocenters. The molecule has 2 amide bonds. The van der Waals surface area contributed by atoms with Gasteiger partial charge in [0.15, 0.2) is 6.04 Å². The zero-order valence-corrected chi connectivity index (χ0v) is 9.93. The van der Waals surface area contributed by atoms with Crippen LogP contribution in [0.3, 0.4) is 0 Å². The number of carbonyl (C=O) groups is 2. The number of hydrogen-bond acceptors (Lipinski definition) is 2. The molecule has 0 aliphatic rings. The van der Waals surface area contributed by atoms with Crippen LogP contribution in [0.5, 0.6) is 0 Å². The summed E-state index contributed by atoms with van der Waals surface area (Å²) in [5, 5.41) is 13.9. The minimum atomic E-state index is -1.11. The molecule has 18 heavy (non-hydrogen) atoms. The molecule has 0 aliphatic carbocycles. The van der Waals surface area contributed by atoms with Gasteiger partial charge in [0.1, 0.15) is 0 Å². The lowest BCUT2D eigenvalue weighted by Gasteiger charge is -2.14. The van der Waals surface area contributed by atoms with E-state index in [9.17, 15) is 9.59 Å². The monoisotopic (exact) mass is 246 g/mol. The Balaban J connectivity index is 2.66. The van der Waals surface area contributed by atoms with E-state index in [0.29, 0.717) is 5.56 Å². The number of amides is 2. The molecule has 5 nitrogen and oxygen atoms in total. The molecule has 0 heterocycles. The van der Waals surface area contributed by atoms with Crippen molar-refractivity contribution in [1.82, 2.24) is 10.6 Å². The van der Waals surface area contributed by atoms with Gasteiger partial charge in [0, 0.05) is 0 Å². The van der Waals surface area contributed by atoms with Gasteiger partial charge in [0.25, 0.3) is 0 Å². The van der Waals surface area contributed by atoms with Crippen LogP contribution >= 0.6 is 0 Å². The van der Waals surface area contributed by atoms with E-state index in [2.05, 4.69) is 22.5 Å². The van der Waals surface area contributed by atoms with Crippen LogP contribution < -0.4 is 10.6 Å². The summed E-state index contributed by atoms with van der Waals surface area (Å²) in [6.45, 7) is 1.84. The van der Waals surface area contributed by atoms with Gasteiger partial charge in [-0.15, -0.1) is 5.92 Å². The first-order valence-corrected chi connectivity index (χ1v) is 5.37. The molecule has 0 aliphatic heterocycles. The average molecular weight is 246 g/mol. The van der Waals surface area contributed by atoms with Gasteiger partial charge in [0.05, 0.1) is 6.54 Å². The van der Waals surface area contributed by atoms with Gasteiger partial charge in [0.2, 0.25) is 0 Å². The van der Waals surface area contributed by atoms with E-state index in [1.165, 1.54) is 0 Å². The quantitative estimate of drug-likeness (QED) is 0.697. The van der Waals surface area contributed by atoms with Crippen LogP contribution in [0, 0.1) is 11.8 Å². The summed E-state index contributed by atoms with van der Waals surface area (Å²) >= 11 is 0. The second-order valence-corrected chi connectivity index (χ2v) is 3.44. The molecule has 0 fully saturated rings. The third kappa shape index (κ3) is 4.18. The topological polar surface area (TPSA) is 78.4 Å². The third-order valence-electron chi connectivity index (χ3n) is 2.17. The normalized spacial score (nSPS) is 10.7. The zero-order valence-electron chi connectivity index (χ0n) is 9.93. The third-order valence-corrected chi connectivity index (χ3v) is 2.17. The minimum Gasteiger partial charge on any atom is -0.479 e. The fourth-order valence-corrected chi connectivity index (χ4v) is 1.33. The van der Waals surface area contributed by atoms with E-state index in [1.807, 2.05) is 0 Å². The highest BCUT2D eigenvalue weighted by molar-refractivity contribution is 5.83. The van der Waals surface area contributed by atoms with E-state index < -0.39 is 18.0 Å². The number of carboxylic acid groups (broad SMARTS) is 1. The van der Waals surface area contributed by atoms with Crippen molar-refractivity contribution in [3.8, 4) is 11.8 Å². The number of aliphatic carboxylic acids is 1. The Morgan fingerprint density at radius 1 is 1.33 bits per heavy atom. The Hall–Kier alpha value is -2.48. The summed E-state index contributed by atoms with van der Waals surface area (Å²) in [6.07, 6.45) is 0. The Kier molecular flexibility index (Phi) is 5.26. The molecule has 0 saturated heterocycles. The summed E-state index contributed by atoms with van der Waals surface area (Å²) in [5.41, 5.74) is 0.515. The van der Waals surface area contributed by atoms with E-state index >= 15 is 0 Å². The van der Waals surface area contributed by atoms with Gasteiger partial charge in [-0.25, -0.2) is 9.59 Å². The summed E-state index contributed by atoms with van der Waals surface area (Å²) < 4.78 is 0. The average Bonchev–Trinajstić information content (AvgIpc) is 2.37. The molecule has 3 N–H and O–H groups in total. The number of nitrogens with one attached hydrogen (secondary N) is 2. The first kappa shape index (κ1) is 13.6. The lowest BCUT2D eigenvalue weighted by atomic mass is 10.1. The van der Waals surface area contributed by atoms with Gasteiger partial charge < -0.3 is 15.7 Å². The van der Waals surface area contributed by atoms with Crippen molar-refractivity contribution in [2.45, 2.75) is 13.0 Å². The first-order chi connectivity index (χ1) is 8.65. The highest BCUT2D eigenvalue weighted by Crippen LogP contribution is 2.12. The molecule has 1 aromatic rings. The highest BCUT2D eigenvalue weighted by Gasteiger charge is 2.21. The fourth-order valence-electron chi connectivity index (χ4n) is 1.33. The SMILES string of the molecule is CC#CCNC(=O)N[C@H](C(=O)O)c1ccccc1. The fraction of sp³-hybridized carbons (Fsp3) is 0.231. The minimum absolute atomic E-state index is 0.184. The molecule has 0 saturated carbocycles. The van der Waals surface area contributed by atoms with E-state index in [1.54, 1.807) is 37.3 Å². The van der Waals surface area contributed by atoms with Gasteiger partial charge in [-0.3, -0.25) is 0 Å². The van der Waals surface area contributed by atoms with Crippen LogP contribution in [-0.4, -0.2) is 23.7 Å². The maximum atomic E-state index is 11.5. The van der Waals surface area contributed by atoms with Crippen LogP contribution in [0.4, 0.5) is 4.79 Å². The molecule has 0 aromatic heterocycles. The molecular formula is C13H14N2O3. The van der Waals surface area contributed by atoms with Gasteiger partial charge in [-0.2, -0.15) is 0 Å². The van der Waals surface area contributed by atoms with E-state index in [4.69, 9.17) is 5.11 Å². The molecule has 1 rings (SSSR count). The number of rotatable bonds is 4. The van der Waals surface area contributed by atoms with Crippen molar-refractivity contribution >= 4 is 12.0 Å². The predicted molar refractivity (Wildman–Crippen MR) is 66.8 cm³/mol. The van der Waals surface area contributed by atoms with Crippen molar-refractivity contribution in [3.63, 3.8) is 0 Å². The predicted octanol–water partition coefficient (Wildman–Crippen LogP) is 1.13. The van der Waals surface area contributed by atoms with Crippen LogP contribution in [0.1, 0.15) is 18.5 Å². The van der Waals surface area contributed by atoms with E-state index in [-0.39, 0.29) is 6.54 Å². The number of urea groups is 1. The molecule has 0 spiro atoms. The van der Waals surface area contributed by atoms with Crippen molar-refractivity contribution in [3.05, 3.63) is 35.9 Å². The number of carboxylic acids is 1. The Morgan fingerprint density at radius 2 is 2.00 bits per heavy atom. The molecule has 1 aromatic carbocycles. The summed E-state index contributed by atoms with van der Waals surface area (Å²) in [6, 6.07) is 6.87. The van der Waals surface area contributed by atoms with Crippen LogP contribution in [0.25, 0.3) is 0 Å². The lowest BCUT2D eigenvalue weighted by molar-refractivity contribution is -0.139. The number of hydrogen-bond donors (Lipinski definition) is 3. The van der Waals surface area contributed by atoms with Crippen molar-refractivity contribution in [2.24, 2.45) is 0 Å². The molecular weight excluding hydrogens is 232 g/mol. The lowest BCUT2D eigenvalue weighted by Crippen LogP contribution is -2.41. The number of carbonyl (C=O) groups excluding carboxylic acids is 1. The molecule has 0 radical (unpaired) electrons. The van der Waals surface area contributed by atoms with Crippen LogP contribution in [-0.2, 0) is 4.79 Å². The Labute approximate surface area is 105 Å². The Morgan fingerprint density at radius 3 is 2.56 bits per heavy atom. The standard InChI is InChI=1S/C13H14N2O3/c1-2-3-9-14-13(18)15-11(12(16)17)10-7-5-4-6-8-10/h4-8,11H,9H2,1H3,(H,16,17)(H2,14,15,18)/t11-/m0/s1.